The zero-order valence-corrected chi connectivity index (χ0v) is 27.7. The SMILES string of the molecule is CCOC(CN=C(NC1C(=O)N2C(C(=O)OC(C)(C)C)=C(COC(C)=O)CS[C@@H]12)N[Si](C)(C)C(C)(C)C)OCC. The summed E-state index contributed by atoms with van der Waals surface area (Å²) in [6.45, 7) is 22.5. The first-order chi connectivity index (χ1) is 18.4. The van der Waals surface area contributed by atoms with Gasteiger partial charge < -0.3 is 29.2 Å². The quantitative estimate of drug-likeness (QED) is 0.0910. The molecule has 0 aliphatic carbocycles. The molecular formula is C27H48N4O7SSi. The number of nitrogens with zero attached hydrogens (tertiary/aromatic N) is 2. The number of carbonyl (C=O) groups is 3. The zero-order chi connectivity index (χ0) is 30.5. The van der Waals surface area contributed by atoms with Crippen LogP contribution >= 0.6 is 11.8 Å². The number of hydrogen-bond donors (Lipinski definition) is 2. The smallest absolute Gasteiger partial charge is 0.355 e. The van der Waals surface area contributed by atoms with Crippen molar-refractivity contribution in [2.45, 2.75) is 104 Å². The van der Waals surface area contributed by atoms with E-state index in [1.807, 2.05) is 13.8 Å². The normalized spacial score (nSPS) is 20.2. The Morgan fingerprint density at radius 1 is 1.12 bits per heavy atom. The molecule has 0 bridgehead atoms. The summed E-state index contributed by atoms with van der Waals surface area (Å²) in [6, 6.07) is -0.619. The molecule has 1 unspecified atom stereocenters. The van der Waals surface area contributed by atoms with E-state index < -0.39 is 38.1 Å². The van der Waals surface area contributed by atoms with Gasteiger partial charge in [0, 0.05) is 31.5 Å². The first kappa shape index (κ1) is 34.1. The van der Waals surface area contributed by atoms with E-state index in [0.717, 1.165) is 0 Å². The third-order valence-electron chi connectivity index (χ3n) is 6.79. The number of hydrogen-bond acceptors (Lipinski definition) is 9. The number of nitrogens with one attached hydrogen (secondary N) is 2. The summed E-state index contributed by atoms with van der Waals surface area (Å²) in [5.74, 6) is -0.450. The highest BCUT2D eigenvalue weighted by molar-refractivity contribution is 8.00. The van der Waals surface area contributed by atoms with Crippen molar-refractivity contribution >= 4 is 43.8 Å². The second kappa shape index (κ2) is 13.7. The molecule has 2 aliphatic heterocycles. The number of carbonyl (C=O) groups excluding carboxylic acids is 3. The van der Waals surface area contributed by atoms with Gasteiger partial charge in [-0.2, -0.15) is 0 Å². The molecule has 2 atom stereocenters. The fourth-order valence-electron chi connectivity index (χ4n) is 3.74. The summed E-state index contributed by atoms with van der Waals surface area (Å²) < 4.78 is 22.1. The summed E-state index contributed by atoms with van der Waals surface area (Å²) in [7, 11) is -2.08. The summed E-state index contributed by atoms with van der Waals surface area (Å²) in [5.41, 5.74) is -0.0685. The zero-order valence-electron chi connectivity index (χ0n) is 25.9. The molecule has 0 spiro atoms. The maximum atomic E-state index is 13.6. The molecule has 13 heteroatoms. The molecule has 0 radical (unpaired) electrons. The van der Waals surface area contributed by atoms with Gasteiger partial charge >= 0.3 is 11.9 Å². The highest BCUT2D eigenvalue weighted by atomic mass is 32.2. The number of guanidine groups is 1. The number of esters is 2. The minimum atomic E-state index is -2.08. The summed E-state index contributed by atoms with van der Waals surface area (Å²) >= 11 is 1.49. The fourth-order valence-corrected chi connectivity index (χ4v) is 6.19. The minimum Gasteiger partial charge on any atom is -0.461 e. The molecule has 1 saturated heterocycles. The van der Waals surface area contributed by atoms with Crippen molar-refractivity contribution in [1.29, 1.82) is 0 Å². The van der Waals surface area contributed by atoms with Crippen LogP contribution in [0.4, 0.5) is 0 Å². The number of fused-ring (bicyclic) bond motifs is 1. The van der Waals surface area contributed by atoms with Gasteiger partial charge in [-0.25, -0.2) is 9.79 Å². The van der Waals surface area contributed by atoms with Gasteiger partial charge in [-0.05, 0) is 39.7 Å². The van der Waals surface area contributed by atoms with E-state index in [1.165, 1.54) is 23.6 Å². The van der Waals surface area contributed by atoms with Gasteiger partial charge in [0.2, 0.25) is 0 Å². The van der Waals surface area contributed by atoms with Crippen molar-refractivity contribution in [2.75, 3.05) is 32.1 Å². The fraction of sp³-hybridized carbons (Fsp3) is 0.778. The van der Waals surface area contributed by atoms with Gasteiger partial charge in [0.25, 0.3) is 5.91 Å². The summed E-state index contributed by atoms with van der Waals surface area (Å²) in [6.07, 6.45) is -0.504. The average Bonchev–Trinajstić information content (AvgIpc) is 2.81. The molecule has 40 heavy (non-hydrogen) atoms. The monoisotopic (exact) mass is 600 g/mol. The Bertz CT molecular complexity index is 998. The van der Waals surface area contributed by atoms with Crippen molar-refractivity contribution in [3.63, 3.8) is 0 Å². The Kier molecular flexibility index (Phi) is 11.7. The van der Waals surface area contributed by atoms with E-state index in [4.69, 9.17) is 23.9 Å². The van der Waals surface area contributed by atoms with Crippen LogP contribution in [0, 0.1) is 0 Å². The van der Waals surface area contributed by atoms with Gasteiger partial charge in [0.15, 0.2) is 20.5 Å². The first-order valence-corrected chi connectivity index (χ1v) is 17.8. The Hall–Kier alpha value is -2.09. The lowest BCUT2D eigenvalue weighted by Gasteiger charge is -2.50. The molecular weight excluding hydrogens is 552 g/mol. The highest BCUT2D eigenvalue weighted by Crippen LogP contribution is 2.41. The van der Waals surface area contributed by atoms with E-state index in [0.29, 0.717) is 30.5 Å². The third kappa shape index (κ3) is 8.95. The number of rotatable bonds is 11. The predicted octanol–water partition coefficient (Wildman–Crippen LogP) is 3.37. The van der Waals surface area contributed by atoms with Crippen molar-refractivity contribution in [1.82, 2.24) is 15.2 Å². The maximum Gasteiger partial charge on any atom is 0.355 e. The van der Waals surface area contributed by atoms with Gasteiger partial charge in [0.05, 0.1) is 6.54 Å². The largest absolute Gasteiger partial charge is 0.461 e. The Balaban J connectivity index is 2.36. The topological polar surface area (TPSA) is 128 Å². The number of thioether (sulfide) groups is 1. The van der Waals surface area contributed by atoms with Crippen molar-refractivity contribution in [2.24, 2.45) is 4.99 Å². The predicted molar refractivity (Wildman–Crippen MR) is 159 cm³/mol. The lowest BCUT2D eigenvalue weighted by atomic mass is 10.0. The number of amides is 1. The van der Waals surface area contributed by atoms with E-state index in [2.05, 4.69) is 44.2 Å². The third-order valence-corrected chi connectivity index (χ3v) is 12.7. The Morgan fingerprint density at radius 2 is 1.73 bits per heavy atom. The molecule has 0 aromatic carbocycles. The molecule has 2 aliphatic rings. The summed E-state index contributed by atoms with van der Waals surface area (Å²) in [4.78, 5) is 48.1. The van der Waals surface area contributed by atoms with Gasteiger partial charge in [0.1, 0.15) is 29.3 Å². The van der Waals surface area contributed by atoms with Gasteiger partial charge in [-0.1, -0.05) is 33.9 Å². The Labute approximate surface area is 244 Å². The summed E-state index contributed by atoms with van der Waals surface area (Å²) in [5, 5.41) is 2.97. The standard InChI is InChI=1S/C27H48N4O7SSi/c1-12-35-19(36-13-2)14-28-25(30-40(10,11)27(7,8)9)29-20-22(33)31-21(24(34)38-26(4,5)6)18(15-37-17(3)32)16-39-23(20)31/h19-20,23H,12-16H2,1-11H3,(H2,28,29,30)/t20?,23-/m0/s1. The molecule has 0 aromatic rings. The highest BCUT2D eigenvalue weighted by Gasteiger charge is 2.55. The number of ether oxygens (including phenoxy) is 4. The van der Waals surface area contributed by atoms with Crippen LogP contribution in [0.25, 0.3) is 0 Å². The maximum absolute atomic E-state index is 13.6. The van der Waals surface area contributed by atoms with Crippen molar-refractivity contribution in [3.8, 4) is 0 Å². The molecule has 2 N–H and O–H groups in total. The molecule has 1 fully saturated rings. The van der Waals surface area contributed by atoms with Crippen LogP contribution in [-0.4, -0.2) is 92.4 Å². The minimum absolute atomic E-state index is 0.00215. The Morgan fingerprint density at radius 3 is 2.23 bits per heavy atom. The number of β-lactam (4-membered cyclic amide) rings is 1. The van der Waals surface area contributed by atoms with Gasteiger partial charge in [-0.15, -0.1) is 11.8 Å². The van der Waals surface area contributed by atoms with Crippen LogP contribution < -0.4 is 10.3 Å². The molecule has 2 heterocycles. The van der Waals surface area contributed by atoms with Crippen molar-refractivity contribution in [3.05, 3.63) is 11.3 Å². The number of aliphatic imine (C=N–C) groups is 1. The molecule has 228 valence electrons. The average molecular weight is 601 g/mol. The van der Waals surface area contributed by atoms with Crippen LogP contribution in [-0.2, 0) is 33.3 Å². The van der Waals surface area contributed by atoms with Gasteiger partial charge in [-0.3, -0.25) is 14.5 Å². The van der Waals surface area contributed by atoms with Crippen LogP contribution in [0.15, 0.2) is 16.3 Å². The van der Waals surface area contributed by atoms with Crippen LogP contribution in [0.2, 0.25) is 18.1 Å². The lowest BCUT2D eigenvalue weighted by Crippen LogP contribution is -2.73. The van der Waals surface area contributed by atoms with Crippen LogP contribution in [0.1, 0.15) is 62.3 Å². The molecule has 2 rings (SSSR count). The van der Waals surface area contributed by atoms with Crippen molar-refractivity contribution < 1.29 is 33.3 Å². The molecule has 0 aromatic heterocycles. The molecule has 11 nitrogen and oxygen atoms in total. The lowest BCUT2D eigenvalue weighted by molar-refractivity contribution is -0.158. The van der Waals surface area contributed by atoms with E-state index >= 15 is 0 Å². The molecule has 1 amide bonds. The molecule has 0 saturated carbocycles. The van der Waals surface area contributed by atoms with E-state index in [-0.39, 0.29) is 35.2 Å². The van der Waals surface area contributed by atoms with E-state index in [9.17, 15) is 14.4 Å². The first-order valence-electron chi connectivity index (χ1n) is 13.8. The van der Waals surface area contributed by atoms with Crippen LogP contribution in [0.5, 0.6) is 0 Å². The van der Waals surface area contributed by atoms with Crippen LogP contribution in [0.3, 0.4) is 0 Å². The van der Waals surface area contributed by atoms with E-state index in [1.54, 1.807) is 20.8 Å². The second-order valence-corrected chi connectivity index (χ2v) is 18.4. The second-order valence-electron chi connectivity index (χ2n) is 12.3.